The molecular formula is C15H20NO6-. The van der Waals surface area contributed by atoms with Gasteiger partial charge in [0.05, 0.1) is 26.2 Å². The fourth-order valence-electron chi connectivity index (χ4n) is 1.71. The van der Waals surface area contributed by atoms with Crippen molar-refractivity contribution in [2.45, 2.75) is 32.4 Å². The van der Waals surface area contributed by atoms with E-state index in [-0.39, 0.29) is 0 Å². The summed E-state index contributed by atoms with van der Waals surface area (Å²) in [6.07, 6.45) is -0.858. The molecule has 0 aliphatic rings. The van der Waals surface area contributed by atoms with Crippen LogP contribution in [0.15, 0.2) is 18.2 Å². The van der Waals surface area contributed by atoms with Crippen molar-refractivity contribution in [2.24, 2.45) is 0 Å². The Hall–Kier alpha value is -2.44. The van der Waals surface area contributed by atoms with E-state index in [1.807, 2.05) is 0 Å². The first kappa shape index (κ1) is 17.6. The SMILES string of the molecule is COc1cc(OC)cc(C(C)(C)OC(=O)N[C@H](C)C(=O)[O-])c1. The van der Waals surface area contributed by atoms with Crippen LogP contribution in [-0.2, 0) is 15.1 Å². The molecule has 0 aliphatic carbocycles. The molecule has 0 aliphatic heterocycles. The average Bonchev–Trinajstić information content (AvgIpc) is 2.45. The molecule has 22 heavy (non-hydrogen) atoms. The van der Waals surface area contributed by atoms with Crippen LogP contribution in [0.2, 0.25) is 0 Å². The number of ether oxygens (including phenoxy) is 3. The third-order valence-corrected chi connectivity index (χ3v) is 3.08. The topological polar surface area (TPSA) is 96.9 Å². The van der Waals surface area contributed by atoms with E-state index in [4.69, 9.17) is 14.2 Å². The predicted octanol–water partition coefficient (Wildman–Crippen LogP) is 0.803. The van der Waals surface area contributed by atoms with Gasteiger partial charge in [-0.2, -0.15) is 0 Å². The molecule has 0 fully saturated rings. The van der Waals surface area contributed by atoms with Gasteiger partial charge in [-0.3, -0.25) is 0 Å². The molecule has 1 atom stereocenters. The summed E-state index contributed by atoms with van der Waals surface area (Å²) < 4.78 is 15.6. The first-order valence-electron chi connectivity index (χ1n) is 6.63. The second kappa shape index (κ2) is 7.02. The van der Waals surface area contributed by atoms with Gasteiger partial charge in [-0.05, 0) is 32.9 Å². The highest BCUT2D eigenvalue weighted by molar-refractivity contribution is 5.78. The number of hydrogen-bond acceptors (Lipinski definition) is 6. The zero-order valence-electron chi connectivity index (χ0n) is 13.3. The zero-order chi connectivity index (χ0) is 16.9. The first-order chi connectivity index (χ1) is 10.2. The Bertz CT molecular complexity index is 533. The maximum Gasteiger partial charge on any atom is 0.408 e. The van der Waals surface area contributed by atoms with Gasteiger partial charge in [-0.1, -0.05) is 0 Å². The summed E-state index contributed by atoms with van der Waals surface area (Å²) in [4.78, 5) is 22.4. The van der Waals surface area contributed by atoms with E-state index in [1.165, 1.54) is 21.1 Å². The number of benzene rings is 1. The number of carbonyl (C=O) groups is 2. The standard InChI is InChI=1S/C15H21NO6/c1-9(13(17)18)16-14(19)22-15(2,3)10-6-11(20-4)8-12(7-10)21-5/h6-9H,1-5H3,(H,16,19)(H,17,18)/p-1/t9-/m1/s1. The number of rotatable bonds is 6. The molecule has 0 bridgehead atoms. The normalized spacial score (nSPS) is 12.2. The summed E-state index contributed by atoms with van der Waals surface area (Å²) in [6.45, 7) is 4.63. The minimum Gasteiger partial charge on any atom is -0.548 e. The van der Waals surface area contributed by atoms with Crippen LogP contribution in [0.5, 0.6) is 11.5 Å². The van der Waals surface area contributed by atoms with Crippen LogP contribution in [0.4, 0.5) is 4.79 Å². The van der Waals surface area contributed by atoms with Gasteiger partial charge >= 0.3 is 6.09 Å². The highest BCUT2D eigenvalue weighted by Crippen LogP contribution is 2.32. The van der Waals surface area contributed by atoms with E-state index in [1.54, 1.807) is 32.0 Å². The van der Waals surface area contributed by atoms with Gasteiger partial charge in [0.25, 0.3) is 0 Å². The first-order valence-corrected chi connectivity index (χ1v) is 6.63. The number of hydrogen-bond donors (Lipinski definition) is 1. The number of nitrogens with one attached hydrogen (secondary N) is 1. The van der Waals surface area contributed by atoms with Gasteiger partial charge in [0.15, 0.2) is 0 Å². The number of aliphatic carboxylic acids is 1. The van der Waals surface area contributed by atoms with Crippen LogP contribution < -0.4 is 19.9 Å². The number of amides is 1. The van der Waals surface area contributed by atoms with Crippen LogP contribution in [0.3, 0.4) is 0 Å². The molecular weight excluding hydrogens is 290 g/mol. The third-order valence-electron chi connectivity index (χ3n) is 3.08. The molecule has 122 valence electrons. The number of carbonyl (C=O) groups excluding carboxylic acids is 2. The monoisotopic (exact) mass is 310 g/mol. The second-order valence-corrected chi connectivity index (χ2v) is 5.19. The van der Waals surface area contributed by atoms with Crippen molar-refractivity contribution < 1.29 is 28.9 Å². The predicted molar refractivity (Wildman–Crippen MR) is 76.7 cm³/mol. The Morgan fingerprint density at radius 3 is 2.05 bits per heavy atom. The van der Waals surface area contributed by atoms with E-state index in [9.17, 15) is 14.7 Å². The highest BCUT2D eigenvalue weighted by atomic mass is 16.6. The summed E-state index contributed by atoms with van der Waals surface area (Å²) in [6, 6.07) is 3.96. The molecule has 7 nitrogen and oxygen atoms in total. The van der Waals surface area contributed by atoms with Gasteiger partial charge in [0.2, 0.25) is 0 Å². The number of alkyl carbamates (subject to hydrolysis) is 1. The Balaban J connectivity index is 2.93. The lowest BCUT2D eigenvalue weighted by molar-refractivity contribution is -0.307. The largest absolute Gasteiger partial charge is 0.548 e. The van der Waals surface area contributed by atoms with E-state index < -0.39 is 23.7 Å². The molecule has 0 saturated carbocycles. The average molecular weight is 310 g/mol. The zero-order valence-corrected chi connectivity index (χ0v) is 13.3. The molecule has 1 aromatic carbocycles. The van der Waals surface area contributed by atoms with E-state index in [0.29, 0.717) is 17.1 Å². The van der Waals surface area contributed by atoms with Gasteiger partial charge < -0.3 is 29.4 Å². The number of carboxylic acid groups (broad SMARTS) is 1. The molecule has 1 amide bonds. The molecule has 0 aromatic heterocycles. The van der Waals surface area contributed by atoms with Crippen molar-refractivity contribution >= 4 is 12.1 Å². The van der Waals surface area contributed by atoms with Gasteiger partial charge in [-0.25, -0.2) is 4.79 Å². The van der Waals surface area contributed by atoms with Crippen molar-refractivity contribution in [1.29, 1.82) is 0 Å². The third kappa shape index (κ3) is 4.54. The Labute approximate surface area is 129 Å². The lowest BCUT2D eigenvalue weighted by Crippen LogP contribution is -2.47. The minimum absolute atomic E-state index is 0.550. The van der Waals surface area contributed by atoms with Gasteiger partial charge in [0, 0.05) is 11.6 Å². The fraction of sp³-hybridized carbons (Fsp3) is 0.467. The number of methoxy groups -OCH3 is 2. The maximum atomic E-state index is 11.8. The second-order valence-electron chi connectivity index (χ2n) is 5.19. The summed E-state index contributed by atoms with van der Waals surface area (Å²) in [5.74, 6) is -0.290. The van der Waals surface area contributed by atoms with Gasteiger partial charge in [-0.15, -0.1) is 0 Å². The van der Waals surface area contributed by atoms with E-state index in [2.05, 4.69) is 5.32 Å². The summed E-state index contributed by atoms with van der Waals surface area (Å²) in [5, 5.41) is 12.8. The lowest BCUT2D eigenvalue weighted by Gasteiger charge is -2.27. The summed E-state index contributed by atoms with van der Waals surface area (Å²) >= 11 is 0. The van der Waals surface area contributed by atoms with Crippen molar-refractivity contribution in [3.8, 4) is 11.5 Å². The Morgan fingerprint density at radius 2 is 1.64 bits per heavy atom. The molecule has 0 heterocycles. The minimum atomic E-state index is -1.39. The molecule has 7 heteroatoms. The smallest absolute Gasteiger partial charge is 0.408 e. The van der Waals surface area contributed by atoms with E-state index in [0.717, 1.165) is 0 Å². The molecule has 0 radical (unpaired) electrons. The summed E-state index contributed by atoms with van der Waals surface area (Å²) in [7, 11) is 3.03. The molecule has 1 rings (SSSR count). The van der Waals surface area contributed by atoms with Crippen molar-refractivity contribution in [1.82, 2.24) is 5.32 Å². The summed E-state index contributed by atoms with van der Waals surface area (Å²) in [5.41, 5.74) is -0.377. The van der Waals surface area contributed by atoms with Crippen LogP contribution in [0.25, 0.3) is 0 Å². The quantitative estimate of drug-likeness (QED) is 0.835. The van der Waals surface area contributed by atoms with E-state index >= 15 is 0 Å². The molecule has 1 aromatic rings. The van der Waals surface area contributed by atoms with Crippen LogP contribution in [-0.4, -0.2) is 32.3 Å². The Kier molecular flexibility index (Phi) is 5.62. The van der Waals surface area contributed by atoms with Gasteiger partial charge in [0.1, 0.15) is 17.1 Å². The lowest BCUT2D eigenvalue weighted by atomic mass is 9.97. The van der Waals surface area contributed by atoms with Crippen molar-refractivity contribution in [3.63, 3.8) is 0 Å². The molecule has 0 spiro atoms. The molecule has 0 unspecified atom stereocenters. The highest BCUT2D eigenvalue weighted by Gasteiger charge is 2.27. The number of carboxylic acids is 1. The van der Waals surface area contributed by atoms with Crippen molar-refractivity contribution in [3.05, 3.63) is 23.8 Å². The van der Waals surface area contributed by atoms with Crippen LogP contribution in [0, 0.1) is 0 Å². The maximum absolute atomic E-state index is 11.8. The Morgan fingerprint density at radius 1 is 1.14 bits per heavy atom. The van der Waals surface area contributed by atoms with Crippen molar-refractivity contribution in [2.75, 3.05) is 14.2 Å². The van der Waals surface area contributed by atoms with Crippen LogP contribution >= 0.6 is 0 Å². The molecule has 0 saturated heterocycles. The van der Waals surface area contributed by atoms with Crippen LogP contribution in [0.1, 0.15) is 26.3 Å². The molecule has 1 N–H and O–H groups in total. The fourth-order valence-corrected chi connectivity index (χ4v) is 1.71.